The molecule has 0 aliphatic carbocycles. The average Bonchev–Trinajstić information content (AvgIpc) is 2.16. The van der Waals surface area contributed by atoms with Crippen LogP contribution in [0.25, 0.3) is 0 Å². The lowest BCUT2D eigenvalue weighted by Crippen LogP contribution is -2.25. The van der Waals surface area contributed by atoms with Crippen molar-refractivity contribution in [2.75, 3.05) is 0 Å². The summed E-state index contributed by atoms with van der Waals surface area (Å²) >= 11 is 0. The van der Waals surface area contributed by atoms with Gasteiger partial charge in [-0.15, -0.1) is 0 Å². The molecule has 0 radical (unpaired) electrons. The number of aryl methyl sites for hydroxylation is 1. The summed E-state index contributed by atoms with van der Waals surface area (Å²) in [6.07, 6.45) is -0.291. The number of rotatable bonds is 4. The number of hydrogen-bond acceptors (Lipinski definition) is 2. The van der Waals surface area contributed by atoms with Gasteiger partial charge in [-0.05, 0) is 25.5 Å². The van der Waals surface area contributed by atoms with Crippen molar-refractivity contribution in [3.05, 3.63) is 29.8 Å². The Hall–Kier alpha value is -1.51. The highest BCUT2D eigenvalue weighted by Gasteiger charge is 2.16. The maximum atomic E-state index is 10.7. The van der Waals surface area contributed by atoms with E-state index in [1.54, 1.807) is 19.1 Å². The zero-order valence-corrected chi connectivity index (χ0v) is 8.36. The highest BCUT2D eigenvalue weighted by atomic mass is 16.5. The van der Waals surface area contributed by atoms with Crippen molar-refractivity contribution in [1.29, 1.82) is 0 Å². The van der Waals surface area contributed by atoms with E-state index in [2.05, 4.69) is 0 Å². The lowest BCUT2D eigenvalue weighted by molar-refractivity contribution is -0.145. The van der Waals surface area contributed by atoms with Gasteiger partial charge in [0.2, 0.25) is 0 Å². The summed E-state index contributed by atoms with van der Waals surface area (Å²) in [5.74, 6) is -0.321. The molecule has 14 heavy (non-hydrogen) atoms. The third-order valence-corrected chi connectivity index (χ3v) is 1.95. The lowest BCUT2D eigenvalue weighted by atomic mass is 10.2. The van der Waals surface area contributed by atoms with Gasteiger partial charge >= 0.3 is 5.97 Å². The maximum Gasteiger partial charge on any atom is 0.344 e. The fourth-order valence-electron chi connectivity index (χ4n) is 1.09. The van der Waals surface area contributed by atoms with Crippen molar-refractivity contribution in [2.45, 2.75) is 26.4 Å². The molecule has 0 fully saturated rings. The molecule has 3 heteroatoms. The Morgan fingerprint density at radius 2 is 2.00 bits per heavy atom. The molecule has 3 nitrogen and oxygen atoms in total. The third kappa shape index (κ3) is 2.76. The maximum absolute atomic E-state index is 10.7. The Labute approximate surface area is 83.3 Å². The van der Waals surface area contributed by atoms with Crippen molar-refractivity contribution in [3.8, 4) is 5.75 Å². The topological polar surface area (TPSA) is 46.5 Å². The minimum atomic E-state index is -0.923. The van der Waals surface area contributed by atoms with Crippen LogP contribution in [0.5, 0.6) is 5.75 Å². The molecule has 0 heterocycles. The largest absolute Gasteiger partial charge is 0.479 e. The van der Waals surface area contributed by atoms with Gasteiger partial charge in [-0.25, -0.2) is 4.79 Å². The highest BCUT2D eigenvalue weighted by Crippen LogP contribution is 2.14. The Morgan fingerprint density at radius 1 is 1.43 bits per heavy atom. The Morgan fingerprint density at radius 3 is 2.43 bits per heavy atom. The van der Waals surface area contributed by atoms with Gasteiger partial charge in [-0.1, -0.05) is 24.6 Å². The van der Waals surface area contributed by atoms with E-state index in [-0.39, 0.29) is 0 Å². The summed E-state index contributed by atoms with van der Waals surface area (Å²) in [4.78, 5) is 10.7. The van der Waals surface area contributed by atoms with E-state index < -0.39 is 12.1 Å². The Bertz CT molecular complexity index is 303. The third-order valence-electron chi connectivity index (χ3n) is 1.95. The number of aliphatic carboxylic acids is 1. The van der Waals surface area contributed by atoms with Gasteiger partial charge in [0.05, 0.1) is 0 Å². The zero-order chi connectivity index (χ0) is 10.6. The van der Waals surface area contributed by atoms with E-state index in [9.17, 15) is 4.79 Å². The summed E-state index contributed by atoms with van der Waals surface area (Å²) in [5.41, 5.74) is 1.13. The predicted octanol–water partition coefficient (Wildman–Crippen LogP) is 2.24. The van der Waals surface area contributed by atoms with Crippen molar-refractivity contribution in [2.24, 2.45) is 0 Å². The van der Waals surface area contributed by atoms with Crippen LogP contribution in [-0.2, 0) is 4.79 Å². The van der Waals surface area contributed by atoms with Crippen LogP contribution in [-0.4, -0.2) is 17.2 Å². The molecule has 0 unspecified atom stereocenters. The van der Waals surface area contributed by atoms with E-state index in [4.69, 9.17) is 9.84 Å². The minimum absolute atomic E-state index is 0.462. The molecular weight excluding hydrogens is 180 g/mol. The van der Waals surface area contributed by atoms with Crippen molar-refractivity contribution >= 4 is 5.97 Å². The van der Waals surface area contributed by atoms with Crippen LogP contribution >= 0.6 is 0 Å². The average molecular weight is 194 g/mol. The van der Waals surface area contributed by atoms with Gasteiger partial charge in [0, 0.05) is 0 Å². The normalized spacial score (nSPS) is 12.1. The first-order chi connectivity index (χ1) is 6.63. The molecule has 0 spiro atoms. The molecule has 0 aliphatic rings. The second kappa shape index (κ2) is 4.65. The molecule has 0 bridgehead atoms. The molecule has 1 rings (SSSR count). The second-order valence-electron chi connectivity index (χ2n) is 3.17. The van der Waals surface area contributed by atoms with Gasteiger partial charge in [0.15, 0.2) is 6.10 Å². The van der Waals surface area contributed by atoms with Gasteiger partial charge in [0.25, 0.3) is 0 Å². The van der Waals surface area contributed by atoms with Crippen molar-refractivity contribution in [1.82, 2.24) is 0 Å². The van der Waals surface area contributed by atoms with Crippen LogP contribution in [0.1, 0.15) is 18.9 Å². The summed E-state index contributed by atoms with van der Waals surface area (Å²) in [7, 11) is 0. The van der Waals surface area contributed by atoms with Crippen LogP contribution in [0.2, 0.25) is 0 Å². The minimum Gasteiger partial charge on any atom is -0.479 e. The fraction of sp³-hybridized carbons (Fsp3) is 0.364. The predicted molar refractivity (Wildman–Crippen MR) is 53.5 cm³/mol. The molecular formula is C11H14O3. The number of ether oxygens (including phenoxy) is 1. The van der Waals surface area contributed by atoms with E-state index in [1.165, 1.54) is 0 Å². The second-order valence-corrected chi connectivity index (χ2v) is 3.17. The first-order valence-electron chi connectivity index (χ1n) is 4.59. The van der Waals surface area contributed by atoms with Crippen LogP contribution in [0.15, 0.2) is 24.3 Å². The number of carboxylic acids is 1. The van der Waals surface area contributed by atoms with E-state index >= 15 is 0 Å². The van der Waals surface area contributed by atoms with E-state index in [0.29, 0.717) is 12.2 Å². The van der Waals surface area contributed by atoms with Gasteiger partial charge in [0.1, 0.15) is 5.75 Å². The van der Waals surface area contributed by atoms with Crippen molar-refractivity contribution < 1.29 is 14.6 Å². The zero-order valence-electron chi connectivity index (χ0n) is 8.36. The van der Waals surface area contributed by atoms with Gasteiger partial charge in [-0.2, -0.15) is 0 Å². The molecule has 76 valence electrons. The monoisotopic (exact) mass is 194 g/mol. The van der Waals surface area contributed by atoms with Crippen LogP contribution in [0.3, 0.4) is 0 Å². The molecule has 0 saturated heterocycles. The summed E-state index contributed by atoms with van der Waals surface area (Å²) < 4.78 is 5.28. The molecule has 0 amide bonds. The SMILES string of the molecule is CC[C@@H](Oc1ccc(C)cc1)C(=O)O. The van der Waals surface area contributed by atoms with Gasteiger partial charge < -0.3 is 9.84 Å². The highest BCUT2D eigenvalue weighted by molar-refractivity contribution is 5.72. The number of carboxylic acid groups (broad SMARTS) is 1. The van der Waals surface area contributed by atoms with Crippen molar-refractivity contribution in [3.63, 3.8) is 0 Å². The Kier molecular flexibility index (Phi) is 3.51. The molecule has 0 aromatic heterocycles. The first-order valence-corrected chi connectivity index (χ1v) is 4.59. The van der Waals surface area contributed by atoms with E-state index in [0.717, 1.165) is 5.56 Å². The summed E-state index contributed by atoms with van der Waals surface area (Å²) in [5, 5.41) is 8.76. The van der Waals surface area contributed by atoms with E-state index in [1.807, 2.05) is 19.1 Å². The number of benzene rings is 1. The molecule has 1 N–H and O–H groups in total. The lowest BCUT2D eigenvalue weighted by Gasteiger charge is -2.12. The van der Waals surface area contributed by atoms with Crippen LogP contribution in [0.4, 0.5) is 0 Å². The molecule has 1 atom stereocenters. The number of hydrogen-bond donors (Lipinski definition) is 1. The summed E-state index contributed by atoms with van der Waals surface area (Å²) in [6.45, 7) is 3.76. The molecule has 1 aromatic carbocycles. The fourth-order valence-corrected chi connectivity index (χ4v) is 1.09. The quantitative estimate of drug-likeness (QED) is 0.799. The molecule has 0 aliphatic heterocycles. The van der Waals surface area contributed by atoms with Gasteiger partial charge in [-0.3, -0.25) is 0 Å². The standard InChI is InChI=1S/C11H14O3/c1-3-10(11(12)13)14-9-6-4-8(2)5-7-9/h4-7,10H,3H2,1-2H3,(H,12,13)/t10-/m1/s1. The Balaban J connectivity index is 2.67. The molecule has 0 saturated carbocycles. The smallest absolute Gasteiger partial charge is 0.344 e. The summed E-state index contributed by atoms with van der Waals surface area (Å²) in [6, 6.07) is 7.34. The van der Waals surface area contributed by atoms with Crippen LogP contribution < -0.4 is 4.74 Å². The van der Waals surface area contributed by atoms with Crippen LogP contribution in [0, 0.1) is 6.92 Å². The first kappa shape index (κ1) is 10.6. The molecule has 1 aromatic rings. The number of carbonyl (C=O) groups is 1.